The predicted molar refractivity (Wildman–Crippen MR) is 75.7 cm³/mol. The number of hydrogen-bond donors (Lipinski definition) is 3. The molecule has 1 aromatic heterocycles. The minimum absolute atomic E-state index is 0.0732. The lowest BCUT2D eigenvalue weighted by molar-refractivity contribution is -0.385. The van der Waals surface area contributed by atoms with Crippen molar-refractivity contribution in [1.82, 2.24) is 15.1 Å². The molecule has 2 rings (SSSR count). The van der Waals surface area contributed by atoms with Gasteiger partial charge in [0, 0.05) is 6.54 Å². The first-order valence-electron chi connectivity index (χ1n) is 7.28. The normalized spacial score (nSPS) is 23.9. The molecule has 0 radical (unpaired) electrons. The molecular weight excluding hydrogens is 276 g/mol. The van der Waals surface area contributed by atoms with Crippen molar-refractivity contribution < 1.29 is 15.1 Å². The van der Waals surface area contributed by atoms with Crippen LogP contribution in [0.25, 0.3) is 0 Å². The van der Waals surface area contributed by atoms with Gasteiger partial charge in [0.1, 0.15) is 12.4 Å². The molecule has 1 heterocycles. The van der Waals surface area contributed by atoms with E-state index in [0.29, 0.717) is 12.5 Å². The summed E-state index contributed by atoms with van der Waals surface area (Å²) < 4.78 is 1.38. The summed E-state index contributed by atoms with van der Waals surface area (Å²) in [6, 6.07) is 0. The SMILES string of the molecule is O=[N+]([O-])c1cnn(CC(O)CNCC2CCC(O)CC2)c1. The molecule has 1 aliphatic rings. The Kier molecular flexibility index (Phi) is 5.66. The van der Waals surface area contributed by atoms with E-state index in [4.69, 9.17) is 0 Å². The molecule has 1 fully saturated rings. The van der Waals surface area contributed by atoms with Crippen LogP contribution in [-0.2, 0) is 6.54 Å². The van der Waals surface area contributed by atoms with Crippen molar-refractivity contribution in [3.8, 4) is 0 Å². The number of nitro groups is 1. The van der Waals surface area contributed by atoms with Crippen LogP contribution in [0.1, 0.15) is 25.7 Å². The zero-order chi connectivity index (χ0) is 15.2. The van der Waals surface area contributed by atoms with E-state index in [-0.39, 0.29) is 18.3 Å². The number of aliphatic hydroxyl groups excluding tert-OH is 2. The lowest BCUT2D eigenvalue weighted by Crippen LogP contribution is -2.35. The van der Waals surface area contributed by atoms with E-state index in [2.05, 4.69) is 10.4 Å². The van der Waals surface area contributed by atoms with Gasteiger partial charge in [-0.25, -0.2) is 0 Å². The van der Waals surface area contributed by atoms with Crippen LogP contribution < -0.4 is 5.32 Å². The smallest absolute Gasteiger partial charge is 0.306 e. The Labute approximate surface area is 122 Å². The summed E-state index contributed by atoms with van der Waals surface area (Å²) in [7, 11) is 0. The number of aliphatic hydroxyl groups is 2. The Morgan fingerprint density at radius 1 is 1.48 bits per heavy atom. The van der Waals surface area contributed by atoms with Gasteiger partial charge in [-0.05, 0) is 38.1 Å². The van der Waals surface area contributed by atoms with E-state index in [9.17, 15) is 20.3 Å². The molecule has 1 saturated carbocycles. The topological polar surface area (TPSA) is 113 Å². The van der Waals surface area contributed by atoms with Crippen LogP contribution in [0.3, 0.4) is 0 Å². The fourth-order valence-electron chi connectivity index (χ4n) is 2.63. The summed E-state index contributed by atoms with van der Waals surface area (Å²) in [6.07, 6.45) is 5.42. The molecule has 21 heavy (non-hydrogen) atoms. The molecule has 8 nitrogen and oxygen atoms in total. The maximum atomic E-state index is 10.5. The largest absolute Gasteiger partial charge is 0.393 e. The molecule has 0 bridgehead atoms. The summed E-state index contributed by atoms with van der Waals surface area (Å²) >= 11 is 0. The zero-order valence-corrected chi connectivity index (χ0v) is 11.9. The lowest BCUT2D eigenvalue weighted by atomic mass is 9.87. The third kappa shape index (κ3) is 5.07. The summed E-state index contributed by atoms with van der Waals surface area (Å²) in [4.78, 5) is 10.0. The fourth-order valence-corrected chi connectivity index (χ4v) is 2.63. The first-order chi connectivity index (χ1) is 10.0. The van der Waals surface area contributed by atoms with Crippen molar-refractivity contribution in [3.63, 3.8) is 0 Å². The van der Waals surface area contributed by atoms with E-state index in [1.54, 1.807) is 0 Å². The standard InChI is InChI=1S/C13H22N4O4/c18-12-3-1-10(2-4-12)5-14-7-13(19)9-16-8-11(6-15-16)17(20)21/h6,8,10,12-14,18-19H,1-5,7,9H2. The summed E-state index contributed by atoms with van der Waals surface area (Å²) in [5, 5.41) is 36.9. The van der Waals surface area contributed by atoms with E-state index in [0.717, 1.165) is 32.2 Å². The molecule has 0 spiro atoms. The maximum Gasteiger partial charge on any atom is 0.306 e. The Hall–Kier alpha value is -1.51. The van der Waals surface area contributed by atoms with Gasteiger partial charge in [0.25, 0.3) is 0 Å². The van der Waals surface area contributed by atoms with Gasteiger partial charge in [-0.15, -0.1) is 0 Å². The molecule has 1 aromatic rings. The Balaban J connectivity index is 1.65. The van der Waals surface area contributed by atoms with E-state index in [1.165, 1.54) is 17.1 Å². The summed E-state index contributed by atoms with van der Waals surface area (Å²) in [6.45, 7) is 1.47. The van der Waals surface area contributed by atoms with Gasteiger partial charge in [-0.2, -0.15) is 5.10 Å². The molecule has 118 valence electrons. The van der Waals surface area contributed by atoms with Gasteiger partial charge in [0.15, 0.2) is 0 Å². The highest BCUT2D eigenvalue weighted by Gasteiger charge is 2.19. The quantitative estimate of drug-likeness (QED) is 0.492. The van der Waals surface area contributed by atoms with Crippen LogP contribution in [-0.4, -0.2) is 50.2 Å². The van der Waals surface area contributed by atoms with Crippen molar-refractivity contribution in [2.45, 2.75) is 44.4 Å². The molecular formula is C13H22N4O4. The number of nitrogens with one attached hydrogen (secondary N) is 1. The van der Waals surface area contributed by atoms with Crippen LogP contribution in [0, 0.1) is 16.0 Å². The number of rotatable bonds is 7. The van der Waals surface area contributed by atoms with Crippen molar-refractivity contribution >= 4 is 5.69 Å². The zero-order valence-electron chi connectivity index (χ0n) is 11.9. The fraction of sp³-hybridized carbons (Fsp3) is 0.769. The van der Waals surface area contributed by atoms with Gasteiger partial charge in [-0.3, -0.25) is 14.8 Å². The Bertz CT molecular complexity index is 457. The lowest BCUT2D eigenvalue weighted by Gasteiger charge is -2.25. The Morgan fingerprint density at radius 2 is 2.19 bits per heavy atom. The molecule has 1 atom stereocenters. The molecule has 0 saturated heterocycles. The highest BCUT2D eigenvalue weighted by atomic mass is 16.6. The second-order valence-electron chi connectivity index (χ2n) is 5.66. The third-order valence-electron chi connectivity index (χ3n) is 3.86. The third-order valence-corrected chi connectivity index (χ3v) is 3.86. The number of hydrogen-bond acceptors (Lipinski definition) is 6. The van der Waals surface area contributed by atoms with Gasteiger partial charge in [0.05, 0.1) is 23.7 Å². The molecule has 8 heteroatoms. The van der Waals surface area contributed by atoms with Crippen LogP contribution in [0.5, 0.6) is 0 Å². The molecule has 1 aliphatic carbocycles. The average Bonchev–Trinajstić information content (AvgIpc) is 2.90. The minimum atomic E-state index is -0.640. The van der Waals surface area contributed by atoms with Gasteiger partial charge < -0.3 is 15.5 Å². The van der Waals surface area contributed by atoms with Crippen molar-refractivity contribution in [1.29, 1.82) is 0 Å². The monoisotopic (exact) mass is 298 g/mol. The summed E-state index contributed by atoms with van der Waals surface area (Å²) in [5.41, 5.74) is -0.0732. The van der Waals surface area contributed by atoms with Crippen molar-refractivity contribution in [3.05, 3.63) is 22.5 Å². The van der Waals surface area contributed by atoms with E-state index < -0.39 is 11.0 Å². The summed E-state index contributed by atoms with van der Waals surface area (Å²) in [5.74, 6) is 0.548. The van der Waals surface area contributed by atoms with Gasteiger partial charge >= 0.3 is 5.69 Å². The van der Waals surface area contributed by atoms with Crippen LogP contribution in [0.4, 0.5) is 5.69 Å². The van der Waals surface area contributed by atoms with Crippen molar-refractivity contribution in [2.24, 2.45) is 5.92 Å². The van der Waals surface area contributed by atoms with Crippen molar-refractivity contribution in [2.75, 3.05) is 13.1 Å². The molecule has 0 amide bonds. The highest BCUT2D eigenvalue weighted by Crippen LogP contribution is 2.23. The Morgan fingerprint density at radius 3 is 2.81 bits per heavy atom. The minimum Gasteiger partial charge on any atom is -0.393 e. The molecule has 1 unspecified atom stereocenters. The maximum absolute atomic E-state index is 10.5. The van der Waals surface area contributed by atoms with Crippen LogP contribution in [0.2, 0.25) is 0 Å². The average molecular weight is 298 g/mol. The van der Waals surface area contributed by atoms with Crippen LogP contribution >= 0.6 is 0 Å². The molecule has 3 N–H and O–H groups in total. The molecule has 0 aromatic carbocycles. The first kappa shape index (κ1) is 15.9. The first-order valence-corrected chi connectivity index (χ1v) is 7.28. The van der Waals surface area contributed by atoms with E-state index in [1.807, 2.05) is 0 Å². The van der Waals surface area contributed by atoms with Crippen LogP contribution in [0.15, 0.2) is 12.4 Å². The highest BCUT2D eigenvalue weighted by molar-refractivity contribution is 5.20. The number of nitrogens with zero attached hydrogens (tertiary/aromatic N) is 3. The predicted octanol–water partition coefficient (Wildman–Crippen LogP) is 0.293. The van der Waals surface area contributed by atoms with Gasteiger partial charge in [-0.1, -0.05) is 0 Å². The number of aromatic nitrogens is 2. The van der Waals surface area contributed by atoms with E-state index >= 15 is 0 Å². The second kappa shape index (κ2) is 7.48. The van der Waals surface area contributed by atoms with Gasteiger partial charge in [0.2, 0.25) is 0 Å². The molecule has 0 aliphatic heterocycles. The second-order valence-corrected chi connectivity index (χ2v) is 5.66.